The van der Waals surface area contributed by atoms with Crippen LogP contribution in [0.3, 0.4) is 0 Å². The predicted octanol–water partition coefficient (Wildman–Crippen LogP) is 2.00. The molecule has 0 amide bonds. The molecule has 0 radical (unpaired) electrons. The van der Waals surface area contributed by atoms with Gasteiger partial charge in [0.1, 0.15) is 6.33 Å². The van der Waals surface area contributed by atoms with Crippen molar-refractivity contribution in [3.63, 3.8) is 0 Å². The maximum atomic E-state index is 10.6. The van der Waals surface area contributed by atoms with Crippen LogP contribution in [0.5, 0.6) is 0 Å². The highest BCUT2D eigenvalue weighted by molar-refractivity contribution is 5.14. The summed E-state index contributed by atoms with van der Waals surface area (Å²) in [6.07, 6.45) is 5.07. The molecule has 1 aromatic rings. The average molecular weight is 318 g/mol. The first-order valence-corrected chi connectivity index (χ1v) is 8.91. The van der Waals surface area contributed by atoms with Gasteiger partial charge in [0.25, 0.3) is 0 Å². The summed E-state index contributed by atoms with van der Waals surface area (Å²) in [6.45, 7) is 11.2. The van der Waals surface area contributed by atoms with E-state index in [2.05, 4.69) is 47.9 Å². The molecule has 1 spiro atoms. The van der Waals surface area contributed by atoms with E-state index in [9.17, 15) is 5.11 Å². The van der Waals surface area contributed by atoms with E-state index in [4.69, 9.17) is 0 Å². The van der Waals surface area contributed by atoms with Gasteiger partial charge in [-0.05, 0) is 38.3 Å². The Morgan fingerprint density at radius 2 is 2.17 bits per heavy atom. The Hall–Kier alpha value is -1.04. The second-order valence-corrected chi connectivity index (χ2v) is 7.72. The zero-order valence-corrected chi connectivity index (χ0v) is 14.7. The fourth-order valence-electron chi connectivity index (χ4n) is 5.03. The maximum Gasteiger partial charge on any atom is 0.115 e. The summed E-state index contributed by atoms with van der Waals surface area (Å²) in [5, 5.41) is 14.2. The molecule has 5 atom stereocenters. The van der Waals surface area contributed by atoms with E-state index >= 15 is 0 Å². The van der Waals surface area contributed by atoms with Crippen LogP contribution in [0.4, 0.5) is 0 Å². The second-order valence-electron chi connectivity index (χ2n) is 7.72. The Kier molecular flexibility index (Phi) is 4.72. The molecule has 3 unspecified atom stereocenters. The summed E-state index contributed by atoms with van der Waals surface area (Å²) in [5.41, 5.74) is 1.27. The fourth-order valence-corrected chi connectivity index (χ4v) is 5.03. The molecule has 5 heteroatoms. The molecule has 1 saturated carbocycles. The molecule has 2 heterocycles. The van der Waals surface area contributed by atoms with Crippen molar-refractivity contribution in [1.29, 1.82) is 0 Å². The molecule has 1 aromatic heterocycles. The van der Waals surface area contributed by atoms with Crippen LogP contribution in [0.2, 0.25) is 0 Å². The summed E-state index contributed by atoms with van der Waals surface area (Å²) in [4.78, 5) is 10.9. The van der Waals surface area contributed by atoms with Crippen molar-refractivity contribution in [3.8, 4) is 0 Å². The van der Waals surface area contributed by atoms with E-state index in [1.165, 1.54) is 0 Å². The highest BCUT2D eigenvalue weighted by Crippen LogP contribution is 2.53. The maximum absolute atomic E-state index is 10.6. The molecule has 1 saturated heterocycles. The van der Waals surface area contributed by atoms with Crippen LogP contribution in [0.15, 0.2) is 18.6 Å². The third-order valence-electron chi connectivity index (χ3n) is 5.80. The van der Waals surface area contributed by atoms with E-state index < -0.39 is 0 Å². The summed E-state index contributed by atoms with van der Waals surface area (Å²) in [5.74, 6) is 0.633. The van der Waals surface area contributed by atoms with Gasteiger partial charge < -0.3 is 10.4 Å². The van der Waals surface area contributed by atoms with Crippen LogP contribution in [-0.4, -0.2) is 51.3 Å². The number of hydrogen-bond acceptors (Lipinski definition) is 5. The monoisotopic (exact) mass is 318 g/mol. The number of rotatable bonds is 5. The number of hydrogen-bond donors (Lipinski definition) is 2. The molecule has 3 rings (SSSR count). The highest BCUT2D eigenvalue weighted by atomic mass is 16.3. The summed E-state index contributed by atoms with van der Waals surface area (Å²) in [7, 11) is 0. The Morgan fingerprint density at radius 3 is 2.78 bits per heavy atom. The zero-order chi connectivity index (χ0) is 16.6. The van der Waals surface area contributed by atoms with Gasteiger partial charge in [-0.3, -0.25) is 4.90 Å². The van der Waals surface area contributed by atoms with Gasteiger partial charge in [-0.15, -0.1) is 0 Å². The molecule has 1 aliphatic heterocycles. The zero-order valence-electron chi connectivity index (χ0n) is 14.7. The normalized spacial score (nSPS) is 35.7. The lowest BCUT2D eigenvalue weighted by molar-refractivity contribution is -0.0964. The van der Waals surface area contributed by atoms with Crippen molar-refractivity contribution in [2.75, 3.05) is 13.1 Å². The largest absolute Gasteiger partial charge is 0.391 e. The van der Waals surface area contributed by atoms with Crippen LogP contribution in [0.1, 0.15) is 52.3 Å². The highest BCUT2D eigenvalue weighted by Gasteiger charge is 2.58. The second kappa shape index (κ2) is 6.46. The van der Waals surface area contributed by atoms with Crippen LogP contribution in [0, 0.1) is 11.3 Å². The molecule has 0 aromatic carbocycles. The SMILES string of the molecule is CCN1CC2(C[C@@H](O)[C@H](NC(C)c3ccncn3)C2)C1C(C)C. The van der Waals surface area contributed by atoms with Crippen LogP contribution >= 0.6 is 0 Å². The molecule has 2 aliphatic rings. The topological polar surface area (TPSA) is 61.3 Å². The van der Waals surface area contributed by atoms with Crippen LogP contribution in [0.25, 0.3) is 0 Å². The first-order valence-electron chi connectivity index (χ1n) is 8.91. The molecule has 5 nitrogen and oxygen atoms in total. The number of aromatic nitrogens is 2. The van der Waals surface area contributed by atoms with E-state index in [-0.39, 0.29) is 23.6 Å². The number of nitrogens with one attached hydrogen (secondary N) is 1. The Bertz CT molecular complexity index is 523. The predicted molar refractivity (Wildman–Crippen MR) is 90.9 cm³/mol. The van der Waals surface area contributed by atoms with Gasteiger partial charge in [-0.25, -0.2) is 9.97 Å². The van der Waals surface area contributed by atoms with Gasteiger partial charge in [0.05, 0.1) is 11.8 Å². The summed E-state index contributed by atoms with van der Waals surface area (Å²) >= 11 is 0. The van der Waals surface area contributed by atoms with Crippen LogP contribution < -0.4 is 5.32 Å². The number of nitrogens with zero attached hydrogens (tertiary/aromatic N) is 3. The van der Waals surface area contributed by atoms with Crippen LogP contribution in [-0.2, 0) is 0 Å². The lowest BCUT2D eigenvalue weighted by Crippen LogP contribution is -2.65. The van der Waals surface area contributed by atoms with E-state index in [1.54, 1.807) is 12.5 Å². The van der Waals surface area contributed by atoms with Gasteiger partial charge in [0.2, 0.25) is 0 Å². The van der Waals surface area contributed by atoms with E-state index in [0.29, 0.717) is 12.0 Å². The third-order valence-corrected chi connectivity index (χ3v) is 5.80. The lowest BCUT2D eigenvalue weighted by Gasteiger charge is -2.58. The van der Waals surface area contributed by atoms with Crippen molar-refractivity contribution >= 4 is 0 Å². The minimum atomic E-state index is -0.264. The molecule has 128 valence electrons. The number of likely N-dealkylation sites (tertiary alicyclic amines) is 1. The smallest absolute Gasteiger partial charge is 0.115 e. The van der Waals surface area contributed by atoms with Gasteiger partial charge in [0.15, 0.2) is 0 Å². The van der Waals surface area contributed by atoms with Gasteiger partial charge in [-0.2, -0.15) is 0 Å². The van der Waals surface area contributed by atoms with E-state index in [0.717, 1.165) is 31.6 Å². The van der Waals surface area contributed by atoms with Crippen molar-refractivity contribution in [2.24, 2.45) is 11.3 Å². The molecule has 2 fully saturated rings. The van der Waals surface area contributed by atoms with Crippen molar-refractivity contribution < 1.29 is 5.11 Å². The van der Waals surface area contributed by atoms with Gasteiger partial charge in [-0.1, -0.05) is 20.8 Å². The Balaban J connectivity index is 1.67. The van der Waals surface area contributed by atoms with Crippen molar-refractivity contribution in [3.05, 3.63) is 24.3 Å². The first kappa shape index (κ1) is 16.8. The molecule has 23 heavy (non-hydrogen) atoms. The minimum Gasteiger partial charge on any atom is -0.391 e. The Morgan fingerprint density at radius 1 is 1.39 bits per heavy atom. The number of aliphatic hydroxyl groups excluding tert-OH is 1. The van der Waals surface area contributed by atoms with Gasteiger partial charge in [0, 0.05) is 36.3 Å². The Labute approximate surface area is 139 Å². The molecule has 1 aliphatic carbocycles. The minimum absolute atomic E-state index is 0.132. The lowest BCUT2D eigenvalue weighted by atomic mass is 9.65. The molecule has 2 N–H and O–H groups in total. The van der Waals surface area contributed by atoms with E-state index in [1.807, 2.05) is 6.07 Å². The third kappa shape index (κ3) is 3.02. The van der Waals surface area contributed by atoms with Crippen molar-refractivity contribution in [2.45, 2.75) is 64.8 Å². The molecule has 0 bridgehead atoms. The first-order chi connectivity index (χ1) is 11.0. The molecular weight excluding hydrogens is 288 g/mol. The van der Waals surface area contributed by atoms with Gasteiger partial charge >= 0.3 is 0 Å². The average Bonchev–Trinajstić information content (AvgIpc) is 2.83. The summed E-state index contributed by atoms with van der Waals surface area (Å²) in [6, 6.07) is 2.82. The van der Waals surface area contributed by atoms with Crippen molar-refractivity contribution in [1.82, 2.24) is 20.2 Å². The fraction of sp³-hybridized carbons (Fsp3) is 0.778. The standard InChI is InChI=1S/C18H30N4O/c1-5-22-10-18(17(22)12(2)3)8-15(16(23)9-18)21-13(4)14-6-7-19-11-20-14/h6-7,11-13,15-17,21,23H,5,8-10H2,1-4H3/t13?,15-,16-,17?,18?/m1/s1. The quantitative estimate of drug-likeness (QED) is 0.869. The molecular formula is C18H30N4O. The number of aliphatic hydroxyl groups is 1. The summed E-state index contributed by atoms with van der Waals surface area (Å²) < 4.78 is 0.